The second kappa shape index (κ2) is 5.06. The lowest BCUT2D eigenvalue weighted by Crippen LogP contribution is -2.25. The number of hydrogen-bond acceptors (Lipinski definition) is 5. The molecule has 1 saturated carbocycles. The van der Waals surface area contributed by atoms with Crippen molar-refractivity contribution in [3.63, 3.8) is 0 Å². The lowest BCUT2D eigenvalue weighted by Gasteiger charge is -2.20. The van der Waals surface area contributed by atoms with Crippen molar-refractivity contribution in [1.82, 2.24) is 9.97 Å². The molecule has 0 spiro atoms. The van der Waals surface area contributed by atoms with Crippen LogP contribution < -0.4 is 16.6 Å². The Balaban J connectivity index is 2.13. The van der Waals surface area contributed by atoms with E-state index in [9.17, 15) is 0 Å². The molecule has 1 aromatic heterocycles. The topological polar surface area (TPSA) is 75.9 Å². The molecule has 1 aromatic rings. The standard InChI is InChI=1S/C11H18ClN5/c1-6-3-4-9(7(6)2)15-10-8(12)5-14-11(16-10)17-13/h5-7,9H,3-4,13H2,1-2H3,(H2,14,15,16,17). The highest BCUT2D eigenvalue weighted by atomic mass is 35.5. The summed E-state index contributed by atoms with van der Waals surface area (Å²) in [6, 6.07) is 0.419. The molecule has 2 rings (SSSR count). The molecule has 1 heterocycles. The highest BCUT2D eigenvalue weighted by Crippen LogP contribution is 2.34. The van der Waals surface area contributed by atoms with E-state index in [2.05, 4.69) is 34.6 Å². The van der Waals surface area contributed by atoms with Crippen LogP contribution in [-0.2, 0) is 0 Å². The molecule has 0 amide bonds. The van der Waals surface area contributed by atoms with Gasteiger partial charge < -0.3 is 5.32 Å². The Bertz CT molecular complexity index is 397. The zero-order valence-electron chi connectivity index (χ0n) is 10.1. The fraction of sp³-hybridized carbons (Fsp3) is 0.636. The maximum Gasteiger partial charge on any atom is 0.239 e. The van der Waals surface area contributed by atoms with Gasteiger partial charge >= 0.3 is 0 Å². The van der Waals surface area contributed by atoms with Crippen molar-refractivity contribution < 1.29 is 0 Å². The van der Waals surface area contributed by atoms with E-state index < -0.39 is 0 Å². The molecule has 0 aromatic carbocycles. The Morgan fingerprint density at radius 3 is 2.76 bits per heavy atom. The number of nitrogen functional groups attached to an aromatic ring is 1. The van der Waals surface area contributed by atoms with Gasteiger partial charge in [0.2, 0.25) is 5.95 Å². The number of hydrazine groups is 1. The Morgan fingerprint density at radius 1 is 1.41 bits per heavy atom. The van der Waals surface area contributed by atoms with Gasteiger partial charge in [0.25, 0.3) is 0 Å². The second-order valence-corrected chi connectivity index (χ2v) is 5.11. The zero-order valence-corrected chi connectivity index (χ0v) is 10.8. The molecule has 4 N–H and O–H groups in total. The van der Waals surface area contributed by atoms with Gasteiger partial charge in [-0.25, -0.2) is 10.8 Å². The van der Waals surface area contributed by atoms with Gasteiger partial charge in [-0.05, 0) is 24.7 Å². The van der Waals surface area contributed by atoms with Crippen LogP contribution in [0.15, 0.2) is 6.20 Å². The van der Waals surface area contributed by atoms with Crippen LogP contribution in [0.1, 0.15) is 26.7 Å². The first-order valence-electron chi connectivity index (χ1n) is 5.87. The molecular weight excluding hydrogens is 238 g/mol. The van der Waals surface area contributed by atoms with Crippen molar-refractivity contribution >= 4 is 23.4 Å². The van der Waals surface area contributed by atoms with Crippen molar-refractivity contribution in [3.05, 3.63) is 11.2 Å². The van der Waals surface area contributed by atoms with Crippen molar-refractivity contribution in [2.45, 2.75) is 32.7 Å². The van der Waals surface area contributed by atoms with Crippen LogP contribution >= 0.6 is 11.6 Å². The molecule has 3 atom stereocenters. The predicted molar refractivity (Wildman–Crippen MR) is 69.8 cm³/mol. The number of nitrogens with one attached hydrogen (secondary N) is 2. The number of hydrogen-bond donors (Lipinski definition) is 3. The lowest BCUT2D eigenvalue weighted by molar-refractivity contribution is 0.435. The summed E-state index contributed by atoms with van der Waals surface area (Å²) >= 11 is 6.06. The summed E-state index contributed by atoms with van der Waals surface area (Å²) in [4.78, 5) is 8.17. The quantitative estimate of drug-likeness (QED) is 0.571. The summed E-state index contributed by atoms with van der Waals surface area (Å²) in [7, 11) is 0. The van der Waals surface area contributed by atoms with E-state index >= 15 is 0 Å². The number of anilines is 2. The van der Waals surface area contributed by atoms with Crippen LogP contribution in [-0.4, -0.2) is 16.0 Å². The first-order valence-corrected chi connectivity index (χ1v) is 6.25. The van der Waals surface area contributed by atoms with E-state index in [1.54, 1.807) is 6.20 Å². The molecule has 17 heavy (non-hydrogen) atoms. The fourth-order valence-corrected chi connectivity index (χ4v) is 2.43. The highest BCUT2D eigenvalue weighted by Gasteiger charge is 2.30. The normalized spacial score (nSPS) is 28.1. The van der Waals surface area contributed by atoms with Crippen molar-refractivity contribution in [3.8, 4) is 0 Å². The number of nitrogens with zero attached hydrogens (tertiary/aromatic N) is 2. The fourth-order valence-electron chi connectivity index (χ4n) is 2.28. The van der Waals surface area contributed by atoms with Gasteiger partial charge in [-0.2, -0.15) is 4.98 Å². The van der Waals surface area contributed by atoms with Gasteiger partial charge in [0.1, 0.15) is 5.02 Å². The highest BCUT2D eigenvalue weighted by molar-refractivity contribution is 6.32. The van der Waals surface area contributed by atoms with Crippen LogP contribution in [0, 0.1) is 11.8 Å². The maximum atomic E-state index is 6.06. The smallest absolute Gasteiger partial charge is 0.239 e. The molecule has 1 aliphatic rings. The molecule has 0 saturated heterocycles. The van der Waals surface area contributed by atoms with Crippen LogP contribution in [0.3, 0.4) is 0 Å². The van der Waals surface area contributed by atoms with Crippen LogP contribution in [0.2, 0.25) is 5.02 Å². The van der Waals surface area contributed by atoms with Crippen molar-refractivity contribution in [2.24, 2.45) is 17.7 Å². The summed E-state index contributed by atoms with van der Waals surface area (Å²) in [5, 5.41) is 3.91. The third-order valence-electron chi connectivity index (χ3n) is 3.66. The Hall–Kier alpha value is -1.07. The number of rotatable bonds is 3. The number of halogens is 1. The summed E-state index contributed by atoms with van der Waals surface area (Å²) < 4.78 is 0. The van der Waals surface area contributed by atoms with E-state index in [1.165, 1.54) is 6.42 Å². The number of nitrogens with two attached hydrogens (primary N) is 1. The van der Waals surface area contributed by atoms with Crippen LogP contribution in [0.5, 0.6) is 0 Å². The zero-order chi connectivity index (χ0) is 12.4. The molecule has 94 valence electrons. The Kier molecular flexibility index (Phi) is 3.69. The van der Waals surface area contributed by atoms with Gasteiger partial charge in [0.15, 0.2) is 5.82 Å². The van der Waals surface area contributed by atoms with E-state index in [0.717, 1.165) is 12.3 Å². The first kappa shape index (κ1) is 12.4. The van der Waals surface area contributed by atoms with Crippen LogP contribution in [0.25, 0.3) is 0 Å². The molecule has 1 fully saturated rings. The average molecular weight is 256 g/mol. The average Bonchev–Trinajstić information content (AvgIpc) is 2.64. The molecule has 1 aliphatic carbocycles. The van der Waals surface area contributed by atoms with Crippen molar-refractivity contribution in [1.29, 1.82) is 0 Å². The summed E-state index contributed by atoms with van der Waals surface area (Å²) in [6.07, 6.45) is 3.94. The molecule has 6 heteroatoms. The number of aromatic nitrogens is 2. The van der Waals surface area contributed by atoms with E-state index in [0.29, 0.717) is 28.7 Å². The predicted octanol–water partition coefficient (Wildman–Crippen LogP) is 2.26. The van der Waals surface area contributed by atoms with Gasteiger partial charge in [-0.3, -0.25) is 5.43 Å². The molecule has 5 nitrogen and oxygen atoms in total. The summed E-state index contributed by atoms with van der Waals surface area (Å²) in [5.41, 5.74) is 2.42. The van der Waals surface area contributed by atoms with Gasteiger partial charge in [0, 0.05) is 6.04 Å². The first-order chi connectivity index (χ1) is 8.11. The minimum absolute atomic E-state index is 0.371. The molecule has 3 unspecified atom stereocenters. The second-order valence-electron chi connectivity index (χ2n) is 4.70. The molecular formula is C11H18ClN5. The maximum absolute atomic E-state index is 6.06. The third-order valence-corrected chi connectivity index (χ3v) is 3.94. The molecule has 0 bridgehead atoms. The van der Waals surface area contributed by atoms with Gasteiger partial charge in [0.05, 0.1) is 6.20 Å². The summed E-state index contributed by atoms with van der Waals surface area (Å²) in [5.74, 6) is 7.66. The monoisotopic (exact) mass is 255 g/mol. The molecule has 0 radical (unpaired) electrons. The van der Waals surface area contributed by atoms with Crippen LogP contribution in [0.4, 0.5) is 11.8 Å². The Labute approximate surface area is 106 Å². The minimum atomic E-state index is 0.371. The van der Waals surface area contributed by atoms with E-state index in [-0.39, 0.29) is 0 Å². The van der Waals surface area contributed by atoms with E-state index in [4.69, 9.17) is 17.4 Å². The lowest BCUT2D eigenvalue weighted by atomic mass is 9.98. The van der Waals surface area contributed by atoms with Gasteiger partial charge in [-0.1, -0.05) is 25.4 Å². The minimum Gasteiger partial charge on any atom is -0.366 e. The van der Waals surface area contributed by atoms with Gasteiger partial charge in [-0.15, -0.1) is 0 Å². The molecule has 0 aliphatic heterocycles. The largest absolute Gasteiger partial charge is 0.366 e. The third kappa shape index (κ3) is 2.61. The van der Waals surface area contributed by atoms with E-state index in [1.807, 2.05) is 0 Å². The van der Waals surface area contributed by atoms with Crippen molar-refractivity contribution in [2.75, 3.05) is 10.7 Å². The Morgan fingerprint density at radius 2 is 2.18 bits per heavy atom. The summed E-state index contributed by atoms with van der Waals surface area (Å²) in [6.45, 7) is 4.54. The SMILES string of the molecule is CC1CCC(Nc2nc(NN)ncc2Cl)C1C.